The van der Waals surface area contributed by atoms with Crippen molar-refractivity contribution in [2.75, 3.05) is 38.5 Å². The van der Waals surface area contributed by atoms with Crippen molar-refractivity contribution in [3.8, 4) is 10.6 Å². The Balaban J connectivity index is 1.38. The predicted octanol–water partition coefficient (Wildman–Crippen LogP) is 2.15. The van der Waals surface area contributed by atoms with Crippen LogP contribution in [-0.2, 0) is 16.6 Å². The quantitative estimate of drug-likeness (QED) is 0.641. The first-order valence-electron chi connectivity index (χ1n) is 9.29. The van der Waals surface area contributed by atoms with Gasteiger partial charge in [-0.15, -0.1) is 10.2 Å². The van der Waals surface area contributed by atoms with Crippen molar-refractivity contribution in [2.24, 2.45) is 0 Å². The van der Waals surface area contributed by atoms with Crippen LogP contribution in [0.15, 0.2) is 53.6 Å². The number of hydrogen-bond donors (Lipinski definition) is 1. The molecule has 1 aliphatic rings. The van der Waals surface area contributed by atoms with Crippen LogP contribution in [0.2, 0.25) is 0 Å². The summed E-state index contributed by atoms with van der Waals surface area (Å²) in [4.78, 5) is 6.60. The summed E-state index contributed by atoms with van der Waals surface area (Å²) in [6, 6.07) is 13.2. The smallest absolute Gasteiger partial charge is 0.244 e. The minimum atomic E-state index is -3.50. The second-order valence-electron chi connectivity index (χ2n) is 6.81. The van der Waals surface area contributed by atoms with Crippen molar-refractivity contribution in [3.63, 3.8) is 0 Å². The molecule has 1 fully saturated rings. The molecule has 0 aliphatic carbocycles. The van der Waals surface area contributed by atoms with E-state index in [2.05, 4.69) is 25.4 Å². The molecule has 0 spiro atoms. The number of sulfonamides is 1. The van der Waals surface area contributed by atoms with Crippen LogP contribution in [-0.4, -0.2) is 66.0 Å². The zero-order valence-corrected chi connectivity index (χ0v) is 17.7. The second-order valence-corrected chi connectivity index (χ2v) is 9.81. The second kappa shape index (κ2) is 8.54. The molecule has 0 amide bonds. The molecule has 0 radical (unpaired) electrons. The van der Waals surface area contributed by atoms with Crippen LogP contribution >= 0.6 is 11.3 Å². The number of hydrogen-bond acceptors (Lipinski definition) is 8. The van der Waals surface area contributed by atoms with Crippen molar-refractivity contribution < 1.29 is 8.42 Å². The van der Waals surface area contributed by atoms with Gasteiger partial charge in [-0.25, -0.2) is 13.4 Å². The molecule has 1 saturated heterocycles. The van der Waals surface area contributed by atoms with Gasteiger partial charge in [-0.3, -0.25) is 0 Å². The Labute approximate surface area is 174 Å². The molecule has 3 heterocycles. The maximum absolute atomic E-state index is 12.8. The number of benzene rings is 1. The van der Waals surface area contributed by atoms with E-state index in [0.29, 0.717) is 25.5 Å². The van der Waals surface area contributed by atoms with E-state index in [1.165, 1.54) is 21.8 Å². The Hall–Kier alpha value is -2.40. The molecule has 0 atom stereocenters. The third kappa shape index (κ3) is 4.61. The summed E-state index contributed by atoms with van der Waals surface area (Å²) in [5.74, 6) is 0.596. The minimum Gasteiger partial charge on any atom is -0.363 e. The maximum Gasteiger partial charge on any atom is 0.244 e. The predicted molar refractivity (Wildman–Crippen MR) is 113 cm³/mol. The van der Waals surface area contributed by atoms with E-state index >= 15 is 0 Å². The van der Waals surface area contributed by atoms with Gasteiger partial charge in [0, 0.05) is 37.9 Å². The molecule has 8 nitrogen and oxygen atoms in total. The first-order chi connectivity index (χ1) is 14.0. The number of nitrogens with zero attached hydrogens (tertiary/aromatic N) is 5. The highest BCUT2D eigenvalue weighted by Crippen LogP contribution is 2.23. The van der Waals surface area contributed by atoms with E-state index in [9.17, 15) is 8.42 Å². The van der Waals surface area contributed by atoms with Crippen molar-refractivity contribution in [1.29, 1.82) is 0 Å². The van der Waals surface area contributed by atoms with E-state index in [1.54, 1.807) is 12.1 Å². The fourth-order valence-corrected chi connectivity index (χ4v) is 5.16. The van der Waals surface area contributed by atoms with Crippen molar-refractivity contribution in [2.45, 2.75) is 11.4 Å². The number of anilines is 1. The van der Waals surface area contributed by atoms with Crippen LogP contribution in [0.25, 0.3) is 10.6 Å². The lowest BCUT2D eigenvalue weighted by molar-refractivity contribution is 0.222. The third-order valence-electron chi connectivity index (χ3n) is 4.74. The summed E-state index contributed by atoms with van der Waals surface area (Å²) in [6.45, 7) is 2.94. The molecule has 152 valence electrons. The summed E-state index contributed by atoms with van der Waals surface area (Å²) in [7, 11) is -1.51. The fraction of sp³-hybridized carbons (Fsp3) is 0.316. The van der Waals surface area contributed by atoms with E-state index in [0.717, 1.165) is 28.7 Å². The summed E-state index contributed by atoms with van der Waals surface area (Å²) in [5, 5.41) is 13.3. The molecule has 1 aromatic carbocycles. The third-order valence-corrected chi connectivity index (χ3v) is 7.60. The maximum atomic E-state index is 12.8. The highest BCUT2D eigenvalue weighted by Gasteiger charge is 2.27. The van der Waals surface area contributed by atoms with Crippen molar-refractivity contribution >= 4 is 27.2 Å². The molecule has 10 heteroatoms. The van der Waals surface area contributed by atoms with E-state index < -0.39 is 10.0 Å². The van der Waals surface area contributed by atoms with Gasteiger partial charge < -0.3 is 10.2 Å². The van der Waals surface area contributed by atoms with E-state index in [1.807, 2.05) is 37.4 Å². The summed E-state index contributed by atoms with van der Waals surface area (Å²) < 4.78 is 27.0. The van der Waals surface area contributed by atoms with Gasteiger partial charge in [-0.2, -0.15) is 4.31 Å². The summed E-state index contributed by atoms with van der Waals surface area (Å²) >= 11 is 1.51. The summed E-state index contributed by atoms with van der Waals surface area (Å²) in [5.41, 5.74) is 1.04. The Kier molecular flexibility index (Phi) is 5.86. The number of nitrogens with one attached hydrogen (secondary N) is 1. The lowest BCUT2D eigenvalue weighted by Crippen LogP contribution is -2.47. The molecule has 3 aromatic rings. The first kappa shape index (κ1) is 19.9. The lowest BCUT2D eigenvalue weighted by Gasteiger charge is -2.31. The van der Waals surface area contributed by atoms with Crippen LogP contribution in [0.5, 0.6) is 0 Å². The van der Waals surface area contributed by atoms with Gasteiger partial charge in [0.2, 0.25) is 10.0 Å². The number of rotatable bonds is 6. The largest absolute Gasteiger partial charge is 0.363 e. The highest BCUT2D eigenvalue weighted by molar-refractivity contribution is 7.89. The molecule has 0 saturated carbocycles. The van der Waals surface area contributed by atoms with Gasteiger partial charge in [0.1, 0.15) is 20.7 Å². The van der Waals surface area contributed by atoms with Crippen LogP contribution < -0.4 is 5.32 Å². The van der Waals surface area contributed by atoms with Crippen LogP contribution in [0.1, 0.15) is 5.01 Å². The normalized spacial score (nSPS) is 16.0. The molecule has 1 N–H and O–H groups in total. The van der Waals surface area contributed by atoms with Gasteiger partial charge in [0.05, 0.1) is 6.54 Å². The minimum absolute atomic E-state index is 0.217. The highest BCUT2D eigenvalue weighted by atomic mass is 32.2. The monoisotopic (exact) mass is 430 g/mol. The Morgan fingerprint density at radius 2 is 1.79 bits per heavy atom. The van der Waals surface area contributed by atoms with Crippen LogP contribution in [0, 0.1) is 0 Å². The molecular formula is C19H22N6O2S2. The molecule has 0 bridgehead atoms. The molecule has 1 aliphatic heterocycles. The zero-order valence-electron chi connectivity index (χ0n) is 16.0. The molecule has 2 aromatic heterocycles. The lowest BCUT2D eigenvalue weighted by atomic mass is 10.2. The molecule has 0 unspecified atom stereocenters. The average Bonchev–Trinajstić information content (AvgIpc) is 3.23. The molecule has 29 heavy (non-hydrogen) atoms. The number of aromatic nitrogens is 3. The zero-order chi connectivity index (χ0) is 20.3. The Bertz CT molecular complexity index is 1050. The standard InChI is InChI=1S/C19H22N6O2S2/c1-24-9-11-25(12-10-24)29(26,27)16-7-8-17(20-13-16)21-14-18-22-23-19(28-18)15-5-3-2-4-6-15/h2-8,13H,9-12,14H2,1H3,(H,20,21). The molecular weight excluding hydrogens is 408 g/mol. The number of likely N-dealkylation sites (N-methyl/N-ethyl adjacent to an activating group) is 1. The van der Waals surface area contributed by atoms with Gasteiger partial charge >= 0.3 is 0 Å². The van der Waals surface area contributed by atoms with Gasteiger partial charge in [0.25, 0.3) is 0 Å². The van der Waals surface area contributed by atoms with Crippen molar-refractivity contribution in [3.05, 3.63) is 53.7 Å². The Morgan fingerprint density at radius 3 is 2.48 bits per heavy atom. The van der Waals surface area contributed by atoms with E-state index in [-0.39, 0.29) is 4.90 Å². The SMILES string of the molecule is CN1CCN(S(=O)(=O)c2ccc(NCc3nnc(-c4ccccc4)s3)nc2)CC1. The topological polar surface area (TPSA) is 91.3 Å². The number of pyridine rings is 1. The molecule has 4 rings (SSSR count). The van der Waals surface area contributed by atoms with Gasteiger partial charge in [0.15, 0.2) is 0 Å². The first-order valence-corrected chi connectivity index (χ1v) is 11.5. The number of piperazine rings is 1. The van der Waals surface area contributed by atoms with Gasteiger partial charge in [-0.1, -0.05) is 41.7 Å². The van der Waals surface area contributed by atoms with E-state index in [4.69, 9.17) is 0 Å². The van der Waals surface area contributed by atoms with Crippen molar-refractivity contribution in [1.82, 2.24) is 24.4 Å². The van der Waals surface area contributed by atoms with Gasteiger partial charge in [-0.05, 0) is 19.2 Å². The summed E-state index contributed by atoms with van der Waals surface area (Å²) in [6.07, 6.45) is 1.41. The van der Waals surface area contributed by atoms with Crippen LogP contribution in [0.4, 0.5) is 5.82 Å². The Morgan fingerprint density at radius 1 is 1.03 bits per heavy atom. The average molecular weight is 431 g/mol. The van der Waals surface area contributed by atoms with Crippen LogP contribution in [0.3, 0.4) is 0 Å². The fourth-order valence-electron chi connectivity index (χ4n) is 3.00.